The van der Waals surface area contributed by atoms with Crippen LogP contribution in [-0.4, -0.2) is 56.5 Å². The third kappa shape index (κ3) is 4.07. The van der Waals surface area contributed by atoms with E-state index < -0.39 is 18.4 Å². The van der Waals surface area contributed by atoms with E-state index in [-0.39, 0.29) is 5.76 Å². The van der Waals surface area contributed by atoms with Crippen LogP contribution in [0.25, 0.3) is 0 Å². The summed E-state index contributed by atoms with van der Waals surface area (Å²) in [5.74, 6) is -0.987. The second-order valence-corrected chi connectivity index (χ2v) is 5.05. The molecule has 1 aromatic rings. The van der Waals surface area contributed by atoms with E-state index in [2.05, 4.69) is 17.3 Å². The van der Waals surface area contributed by atoms with Gasteiger partial charge in [0.2, 0.25) is 0 Å². The van der Waals surface area contributed by atoms with Gasteiger partial charge in [-0.15, -0.1) is 0 Å². The van der Waals surface area contributed by atoms with E-state index in [4.69, 9.17) is 4.42 Å². The third-order valence-electron chi connectivity index (χ3n) is 3.40. The molecule has 0 aliphatic carbocycles. The Hall–Kier alpha value is -1.86. The highest BCUT2D eigenvalue weighted by atomic mass is 16.4. The van der Waals surface area contributed by atoms with Crippen LogP contribution in [0.4, 0.5) is 0 Å². The Balaban J connectivity index is 1.85. The zero-order valence-electron chi connectivity index (χ0n) is 11.5. The molecule has 1 aromatic heterocycles. The van der Waals surface area contributed by atoms with Gasteiger partial charge in [0.1, 0.15) is 6.54 Å². The first-order chi connectivity index (χ1) is 9.54. The lowest BCUT2D eigenvalue weighted by Crippen LogP contribution is -3.13. The molecule has 1 saturated heterocycles. The van der Waals surface area contributed by atoms with Gasteiger partial charge in [-0.05, 0) is 19.2 Å². The van der Waals surface area contributed by atoms with E-state index in [1.807, 2.05) is 0 Å². The maximum absolute atomic E-state index is 11.6. The van der Waals surface area contributed by atoms with Gasteiger partial charge in [0, 0.05) is 13.1 Å². The molecule has 1 aliphatic rings. The lowest BCUT2D eigenvalue weighted by atomic mass is 10.3. The minimum Gasteiger partial charge on any atom is -0.548 e. The highest BCUT2D eigenvalue weighted by molar-refractivity contribution is 5.93. The number of likely N-dealkylation sites (N-methyl/N-ethyl adjacent to an activating group) is 1. The fraction of sp³-hybridized carbons (Fsp3) is 0.538. The van der Waals surface area contributed by atoms with E-state index >= 15 is 0 Å². The molecule has 2 rings (SSSR count). The van der Waals surface area contributed by atoms with Crippen molar-refractivity contribution in [3.63, 3.8) is 0 Å². The molecule has 20 heavy (non-hydrogen) atoms. The van der Waals surface area contributed by atoms with Crippen molar-refractivity contribution in [3.05, 3.63) is 23.7 Å². The molecule has 1 fully saturated rings. The van der Waals surface area contributed by atoms with Crippen LogP contribution in [0.15, 0.2) is 16.5 Å². The number of aliphatic carboxylic acids is 1. The summed E-state index contributed by atoms with van der Waals surface area (Å²) in [6.45, 7) is 4.41. The van der Waals surface area contributed by atoms with Gasteiger partial charge in [0.05, 0.1) is 25.6 Å². The van der Waals surface area contributed by atoms with Gasteiger partial charge in [-0.1, -0.05) is 0 Å². The van der Waals surface area contributed by atoms with Crippen LogP contribution in [0.5, 0.6) is 0 Å². The van der Waals surface area contributed by atoms with Crippen LogP contribution < -0.4 is 15.3 Å². The number of furan rings is 1. The Morgan fingerprint density at radius 1 is 1.40 bits per heavy atom. The van der Waals surface area contributed by atoms with E-state index in [9.17, 15) is 14.7 Å². The summed E-state index contributed by atoms with van der Waals surface area (Å²) in [5.41, 5.74) is 0. The van der Waals surface area contributed by atoms with E-state index in [0.29, 0.717) is 0 Å². The number of carboxylic acid groups (broad SMARTS) is 1. The Bertz CT molecular complexity index is 478. The van der Waals surface area contributed by atoms with Gasteiger partial charge in [-0.3, -0.25) is 9.69 Å². The van der Waals surface area contributed by atoms with Crippen LogP contribution >= 0.6 is 0 Å². The number of quaternary nitrogens is 1. The molecule has 0 atom stereocenters. The topological polar surface area (TPSA) is 90.0 Å². The molecular weight excluding hydrogens is 262 g/mol. The monoisotopic (exact) mass is 281 g/mol. The molecule has 1 aliphatic heterocycles. The summed E-state index contributed by atoms with van der Waals surface area (Å²) >= 11 is 0. The number of nitrogens with zero attached hydrogens (tertiary/aromatic N) is 1. The Morgan fingerprint density at radius 3 is 2.75 bits per heavy atom. The van der Waals surface area contributed by atoms with Gasteiger partial charge in [-0.25, -0.2) is 0 Å². The first kappa shape index (κ1) is 14.5. The summed E-state index contributed by atoms with van der Waals surface area (Å²) in [5, 5.41) is 12.5. The molecule has 7 nitrogen and oxygen atoms in total. The number of amides is 1. The minimum absolute atomic E-state index is 0.134. The number of carboxylic acids is 1. The average Bonchev–Trinajstić information content (AvgIpc) is 2.87. The fourth-order valence-electron chi connectivity index (χ4n) is 2.19. The van der Waals surface area contributed by atoms with E-state index in [1.54, 1.807) is 12.1 Å². The molecule has 2 N–H and O–H groups in total. The highest BCUT2D eigenvalue weighted by Crippen LogP contribution is 2.06. The largest absolute Gasteiger partial charge is 0.548 e. The molecule has 0 spiro atoms. The lowest BCUT2D eigenvalue weighted by molar-refractivity contribution is -0.919. The Labute approximate surface area is 117 Å². The van der Waals surface area contributed by atoms with Crippen molar-refractivity contribution in [2.24, 2.45) is 0 Å². The van der Waals surface area contributed by atoms with Crippen LogP contribution in [0, 0.1) is 0 Å². The fourth-order valence-corrected chi connectivity index (χ4v) is 2.19. The summed E-state index contributed by atoms with van der Waals surface area (Å²) in [6, 6.07) is 3.33. The Morgan fingerprint density at radius 2 is 2.10 bits per heavy atom. The number of carbonyl (C=O) groups excluding carboxylic acids is 2. The summed E-state index contributed by atoms with van der Waals surface area (Å²) < 4.78 is 5.45. The second kappa shape index (κ2) is 6.53. The summed E-state index contributed by atoms with van der Waals surface area (Å²) in [4.78, 5) is 25.6. The maximum atomic E-state index is 11.6. The first-order valence-corrected chi connectivity index (χ1v) is 6.63. The molecule has 0 aromatic carbocycles. The summed E-state index contributed by atoms with van der Waals surface area (Å²) in [7, 11) is 2.10. The van der Waals surface area contributed by atoms with Crippen molar-refractivity contribution in [3.8, 4) is 0 Å². The smallest absolute Gasteiger partial charge is 0.287 e. The van der Waals surface area contributed by atoms with Crippen LogP contribution in [0.3, 0.4) is 0 Å². The first-order valence-electron chi connectivity index (χ1n) is 6.63. The molecule has 1 amide bonds. The predicted octanol–water partition coefficient (Wildman–Crippen LogP) is -2.91. The SMILES string of the molecule is CN1CC[NH+](Cc2ccc(C(=O)NCC(=O)[O-])o2)CC1. The number of nitrogens with one attached hydrogen (secondary N) is 2. The zero-order valence-corrected chi connectivity index (χ0v) is 11.5. The summed E-state index contributed by atoms with van der Waals surface area (Å²) in [6.07, 6.45) is 0. The molecular formula is C13H19N3O4. The highest BCUT2D eigenvalue weighted by Gasteiger charge is 2.19. The van der Waals surface area contributed by atoms with E-state index in [0.717, 1.165) is 38.5 Å². The van der Waals surface area contributed by atoms with Gasteiger partial charge >= 0.3 is 0 Å². The van der Waals surface area contributed by atoms with Gasteiger partial charge in [0.15, 0.2) is 11.5 Å². The molecule has 0 radical (unpaired) electrons. The van der Waals surface area contributed by atoms with Crippen molar-refractivity contribution in [1.82, 2.24) is 10.2 Å². The Kier molecular flexibility index (Phi) is 4.75. The molecule has 0 bridgehead atoms. The van der Waals surface area contributed by atoms with Crippen molar-refractivity contribution in [2.75, 3.05) is 39.8 Å². The van der Waals surface area contributed by atoms with Crippen molar-refractivity contribution < 1.29 is 24.0 Å². The second-order valence-electron chi connectivity index (χ2n) is 5.05. The van der Waals surface area contributed by atoms with Crippen molar-refractivity contribution in [1.29, 1.82) is 0 Å². The molecule has 2 heterocycles. The van der Waals surface area contributed by atoms with E-state index in [1.165, 1.54) is 4.90 Å². The van der Waals surface area contributed by atoms with Gasteiger partial charge in [0.25, 0.3) is 5.91 Å². The molecule has 7 heteroatoms. The van der Waals surface area contributed by atoms with Gasteiger partial charge < -0.3 is 24.5 Å². The number of piperazine rings is 1. The lowest BCUT2D eigenvalue weighted by Gasteiger charge is -2.28. The number of hydrogen-bond donors (Lipinski definition) is 2. The normalized spacial score (nSPS) is 17.1. The van der Waals surface area contributed by atoms with Gasteiger partial charge in [-0.2, -0.15) is 0 Å². The molecule has 0 unspecified atom stereocenters. The zero-order chi connectivity index (χ0) is 14.5. The quantitative estimate of drug-likeness (QED) is 0.604. The van der Waals surface area contributed by atoms with Crippen LogP contribution in [0.1, 0.15) is 16.3 Å². The molecule has 0 saturated carbocycles. The number of rotatable bonds is 5. The maximum Gasteiger partial charge on any atom is 0.287 e. The van der Waals surface area contributed by atoms with Crippen molar-refractivity contribution >= 4 is 11.9 Å². The number of hydrogen-bond acceptors (Lipinski definition) is 5. The van der Waals surface area contributed by atoms with Crippen LogP contribution in [0.2, 0.25) is 0 Å². The minimum atomic E-state index is -1.33. The predicted molar refractivity (Wildman–Crippen MR) is 67.9 cm³/mol. The standard InChI is InChI=1S/C13H19N3O4/c1-15-4-6-16(7-5-15)9-10-2-3-11(20-10)13(19)14-8-12(17)18/h2-3H,4-9H2,1H3,(H,14,19)(H,17,18). The molecule has 110 valence electrons. The van der Waals surface area contributed by atoms with Crippen LogP contribution in [-0.2, 0) is 11.3 Å². The third-order valence-corrected chi connectivity index (χ3v) is 3.40. The number of carbonyl (C=O) groups is 2. The average molecular weight is 281 g/mol. The van der Waals surface area contributed by atoms with Crippen molar-refractivity contribution in [2.45, 2.75) is 6.54 Å².